The molecule has 0 aromatic rings. The van der Waals surface area contributed by atoms with Gasteiger partial charge in [0.15, 0.2) is 0 Å². The van der Waals surface area contributed by atoms with Crippen LogP contribution < -0.4 is 16.0 Å². The molecular formula is C21H37N5. The van der Waals surface area contributed by atoms with Crippen molar-refractivity contribution >= 4 is 0 Å². The summed E-state index contributed by atoms with van der Waals surface area (Å²) < 4.78 is 0. The highest BCUT2D eigenvalue weighted by Gasteiger charge is 2.45. The third kappa shape index (κ3) is 2.86. The Bertz CT molecular complexity index is 515. The molecule has 5 heteroatoms. The summed E-state index contributed by atoms with van der Waals surface area (Å²) in [5.41, 5.74) is 0. The molecule has 8 atom stereocenters. The predicted octanol–water partition coefficient (Wildman–Crippen LogP) is 0.883. The van der Waals surface area contributed by atoms with Crippen LogP contribution in [0.4, 0.5) is 0 Å². The van der Waals surface area contributed by atoms with Crippen LogP contribution in [-0.2, 0) is 0 Å². The van der Waals surface area contributed by atoms with Crippen molar-refractivity contribution in [3.8, 4) is 0 Å². The quantitative estimate of drug-likeness (QED) is 0.683. The van der Waals surface area contributed by atoms with Crippen molar-refractivity contribution in [3.05, 3.63) is 0 Å². The highest BCUT2D eigenvalue weighted by molar-refractivity contribution is 5.01. The van der Waals surface area contributed by atoms with Gasteiger partial charge in [-0.1, -0.05) is 6.42 Å². The Kier molecular flexibility index (Phi) is 4.31. The molecule has 0 aromatic carbocycles. The molecule has 26 heavy (non-hydrogen) atoms. The molecule has 6 rings (SSSR count). The highest BCUT2D eigenvalue weighted by Crippen LogP contribution is 2.40. The van der Waals surface area contributed by atoms with Gasteiger partial charge in [0, 0.05) is 32.2 Å². The Morgan fingerprint density at radius 1 is 0.654 bits per heavy atom. The number of piperidine rings is 2. The van der Waals surface area contributed by atoms with E-state index >= 15 is 0 Å². The van der Waals surface area contributed by atoms with Crippen molar-refractivity contribution < 1.29 is 0 Å². The summed E-state index contributed by atoms with van der Waals surface area (Å²) in [6, 6.07) is 0.706. The molecule has 5 heterocycles. The Morgan fingerprint density at radius 3 is 2.31 bits per heavy atom. The van der Waals surface area contributed by atoms with Crippen LogP contribution in [-0.4, -0.2) is 74.0 Å². The fourth-order valence-corrected chi connectivity index (χ4v) is 7.43. The number of nitrogens with zero attached hydrogens (tertiary/aromatic N) is 2. The summed E-state index contributed by atoms with van der Waals surface area (Å²) >= 11 is 0. The average molecular weight is 360 g/mol. The van der Waals surface area contributed by atoms with Gasteiger partial charge in [-0.25, -0.2) is 0 Å². The fourth-order valence-electron chi connectivity index (χ4n) is 7.43. The third-order valence-corrected chi connectivity index (χ3v) is 8.97. The minimum Gasteiger partial charge on any atom is -0.316 e. The molecule has 0 aromatic heterocycles. The lowest BCUT2D eigenvalue weighted by molar-refractivity contribution is 0.0923. The minimum absolute atomic E-state index is 0.644. The van der Waals surface area contributed by atoms with Gasteiger partial charge in [-0.2, -0.15) is 0 Å². The third-order valence-electron chi connectivity index (χ3n) is 8.97. The van der Waals surface area contributed by atoms with Gasteiger partial charge in [-0.15, -0.1) is 0 Å². The number of nitrogens with one attached hydrogen (secondary N) is 3. The standard InChI is InChI=1S/C21H37N5/c1-2-15-11-26(12-16(15)3-1)20-6-17-7-21(24-19(17)10-23-20)25-5-4-14-8-22-9-18(14)13-25/h14-24H,1-13H2. The molecule has 0 spiro atoms. The smallest absolute Gasteiger partial charge is 0.0603 e. The number of likely N-dealkylation sites (tertiary alicyclic amines) is 2. The lowest BCUT2D eigenvalue weighted by atomic mass is 9.87. The maximum Gasteiger partial charge on any atom is 0.0603 e. The zero-order chi connectivity index (χ0) is 17.1. The van der Waals surface area contributed by atoms with Crippen molar-refractivity contribution in [1.29, 1.82) is 0 Å². The second-order valence-corrected chi connectivity index (χ2v) is 10.3. The van der Waals surface area contributed by atoms with Gasteiger partial charge in [0.05, 0.1) is 12.3 Å². The Hall–Kier alpha value is -0.200. The number of rotatable bonds is 2. The van der Waals surface area contributed by atoms with Gasteiger partial charge >= 0.3 is 0 Å². The summed E-state index contributed by atoms with van der Waals surface area (Å²) in [7, 11) is 0. The summed E-state index contributed by atoms with van der Waals surface area (Å²) in [6.07, 6.45) is 9.94. The molecule has 1 aliphatic carbocycles. The van der Waals surface area contributed by atoms with Crippen LogP contribution in [0, 0.1) is 29.6 Å². The van der Waals surface area contributed by atoms with E-state index < -0.39 is 0 Å². The summed E-state index contributed by atoms with van der Waals surface area (Å²) in [5.74, 6) is 4.78. The van der Waals surface area contributed by atoms with Crippen LogP contribution >= 0.6 is 0 Å². The molecule has 8 unspecified atom stereocenters. The molecule has 6 aliphatic rings. The van der Waals surface area contributed by atoms with Crippen LogP contribution in [0.15, 0.2) is 0 Å². The Morgan fingerprint density at radius 2 is 1.42 bits per heavy atom. The Balaban J connectivity index is 1.06. The van der Waals surface area contributed by atoms with Crippen molar-refractivity contribution in [2.24, 2.45) is 29.6 Å². The van der Waals surface area contributed by atoms with Gasteiger partial charge in [-0.05, 0) is 81.3 Å². The molecule has 5 nitrogen and oxygen atoms in total. The van der Waals surface area contributed by atoms with E-state index in [1.54, 1.807) is 0 Å². The van der Waals surface area contributed by atoms with E-state index in [4.69, 9.17) is 0 Å². The zero-order valence-corrected chi connectivity index (χ0v) is 16.2. The average Bonchev–Trinajstić information content (AvgIpc) is 3.41. The highest BCUT2D eigenvalue weighted by atomic mass is 15.3. The van der Waals surface area contributed by atoms with E-state index in [0.717, 1.165) is 29.6 Å². The molecule has 6 fully saturated rings. The lowest BCUT2D eigenvalue weighted by Crippen LogP contribution is -2.56. The topological polar surface area (TPSA) is 42.6 Å². The van der Waals surface area contributed by atoms with Crippen LogP contribution in [0.2, 0.25) is 0 Å². The molecule has 0 bridgehead atoms. The van der Waals surface area contributed by atoms with Crippen LogP contribution in [0.5, 0.6) is 0 Å². The SMILES string of the molecule is C1CC2CN(C3CC4CC(N5CCC6CNCC6C5)NC4CN3)CC2C1. The van der Waals surface area contributed by atoms with Crippen molar-refractivity contribution in [3.63, 3.8) is 0 Å². The summed E-state index contributed by atoms with van der Waals surface area (Å²) in [6.45, 7) is 9.08. The molecule has 5 aliphatic heterocycles. The monoisotopic (exact) mass is 359 g/mol. The van der Waals surface area contributed by atoms with E-state index in [1.807, 2.05) is 0 Å². The van der Waals surface area contributed by atoms with E-state index in [2.05, 4.69) is 25.8 Å². The van der Waals surface area contributed by atoms with E-state index in [0.29, 0.717) is 18.4 Å². The number of fused-ring (bicyclic) bond motifs is 3. The van der Waals surface area contributed by atoms with Gasteiger partial charge in [-0.3, -0.25) is 15.1 Å². The normalized spacial score (nSPS) is 52.2. The fraction of sp³-hybridized carbons (Fsp3) is 1.00. The maximum atomic E-state index is 4.02. The van der Waals surface area contributed by atoms with Crippen molar-refractivity contribution in [2.75, 3.05) is 45.8 Å². The largest absolute Gasteiger partial charge is 0.316 e. The van der Waals surface area contributed by atoms with E-state index in [9.17, 15) is 0 Å². The first-order valence-corrected chi connectivity index (χ1v) is 11.5. The van der Waals surface area contributed by atoms with E-state index in [1.165, 1.54) is 84.3 Å². The van der Waals surface area contributed by atoms with Crippen molar-refractivity contribution in [2.45, 2.75) is 56.9 Å². The second kappa shape index (κ2) is 6.70. The summed E-state index contributed by atoms with van der Waals surface area (Å²) in [4.78, 5) is 5.61. The molecule has 0 amide bonds. The molecule has 0 radical (unpaired) electrons. The summed E-state index contributed by atoms with van der Waals surface area (Å²) in [5, 5.41) is 11.6. The minimum atomic E-state index is 0.644. The van der Waals surface area contributed by atoms with Crippen LogP contribution in [0.1, 0.15) is 38.5 Å². The predicted molar refractivity (Wildman–Crippen MR) is 104 cm³/mol. The van der Waals surface area contributed by atoms with Gasteiger partial charge in [0.2, 0.25) is 0 Å². The van der Waals surface area contributed by atoms with Crippen LogP contribution in [0.25, 0.3) is 0 Å². The Labute approximate surface area is 158 Å². The molecule has 3 N–H and O–H groups in total. The maximum absolute atomic E-state index is 4.02. The molecule has 1 saturated carbocycles. The van der Waals surface area contributed by atoms with Crippen molar-refractivity contribution in [1.82, 2.24) is 25.8 Å². The lowest BCUT2D eigenvalue weighted by Gasteiger charge is -2.38. The molecule has 146 valence electrons. The zero-order valence-electron chi connectivity index (χ0n) is 16.2. The van der Waals surface area contributed by atoms with E-state index in [-0.39, 0.29) is 0 Å². The number of hydrogen-bond donors (Lipinski definition) is 3. The van der Waals surface area contributed by atoms with Gasteiger partial charge in [0.1, 0.15) is 0 Å². The molecular weight excluding hydrogens is 322 g/mol. The second-order valence-electron chi connectivity index (χ2n) is 10.3. The number of hydrogen-bond acceptors (Lipinski definition) is 5. The molecule has 5 saturated heterocycles. The van der Waals surface area contributed by atoms with Gasteiger partial charge < -0.3 is 10.6 Å². The van der Waals surface area contributed by atoms with Crippen LogP contribution in [0.3, 0.4) is 0 Å². The first-order valence-electron chi connectivity index (χ1n) is 11.5. The first-order chi connectivity index (χ1) is 12.8. The van der Waals surface area contributed by atoms with Gasteiger partial charge in [0.25, 0.3) is 0 Å². The first kappa shape index (κ1) is 16.7.